The molecule has 0 aliphatic heterocycles. The van der Waals surface area contributed by atoms with Crippen LogP contribution >= 0.6 is 7.60 Å². The lowest BCUT2D eigenvalue weighted by Gasteiger charge is -2.20. The maximum absolute atomic E-state index is 13.1. The molecule has 4 aromatic carbocycles. The molecule has 0 amide bonds. The summed E-state index contributed by atoms with van der Waals surface area (Å²) in [6.45, 7) is 4.27. The van der Waals surface area contributed by atoms with Crippen molar-refractivity contribution in [3.05, 3.63) is 59.7 Å². The number of carbonyl (C=O) groups is 1. The van der Waals surface area contributed by atoms with Crippen LogP contribution in [0, 0.1) is 0 Å². The van der Waals surface area contributed by atoms with Crippen molar-refractivity contribution in [1.29, 1.82) is 0 Å². The molecule has 0 unspecified atom stereocenters. The van der Waals surface area contributed by atoms with E-state index < -0.39 is 7.60 Å². The largest absolute Gasteiger partial charge is 0.465 e. The second-order valence-electron chi connectivity index (χ2n) is 6.86. The summed E-state index contributed by atoms with van der Waals surface area (Å²) in [5.74, 6) is -0.360. The fourth-order valence-corrected chi connectivity index (χ4v) is 5.77. The van der Waals surface area contributed by atoms with Gasteiger partial charge in [0.05, 0.1) is 32.0 Å². The second-order valence-corrected chi connectivity index (χ2v) is 8.91. The smallest absolute Gasteiger partial charge is 0.338 e. The molecule has 5 nitrogen and oxygen atoms in total. The summed E-state index contributed by atoms with van der Waals surface area (Å²) in [7, 11) is -1.85. The third kappa shape index (κ3) is 3.40. The lowest BCUT2D eigenvalue weighted by molar-refractivity contribution is 0.0603. The summed E-state index contributed by atoms with van der Waals surface area (Å²) in [6.07, 6.45) is 0.201. The van der Waals surface area contributed by atoms with Crippen LogP contribution in [0.4, 0.5) is 0 Å². The number of carbonyl (C=O) groups excluding carboxylic acids is 1. The van der Waals surface area contributed by atoms with Gasteiger partial charge in [0.25, 0.3) is 0 Å². The molecule has 0 atom stereocenters. The van der Waals surface area contributed by atoms with Crippen molar-refractivity contribution in [2.75, 3.05) is 20.3 Å². The van der Waals surface area contributed by atoms with E-state index in [4.69, 9.17) is 13.8 Å². The summed E-state index contributed by atoms with van der Waals surface area (Å²) >= 11 is 0. The third-order valence-corrected chi connectivity index (χ3v) is 7.19. The van der Waals surface area contributed by atoms with Gasteiger partial charge in [0.15, 0.2) is 0 Å². The van der Waals surface area contributed by atoms with Crippen molar-refractivity contribution in [1.82, 2.24) is 0 Å². The number of rotatable bonds is 7. The molecule has 0 fully saturated rings. The number of benzene rings is 4. The Labute approximate surface area is 169 Å². The van der Waals surface area contributed by atoms with Crippen LogP contribution in [0.3, 0.4) is 0 Å². The highest BCUT2D eigenvalue weighted by atomic mass is 31.2. The number of hydrogen-bond donors (Lipinski definition) is 0. The van der Waals surface area contributed by atoms with E-state index in [0.29, 0.717) is 18.8 Å². The second kappa shape index (κ2) is 7.75. The van der Waals surface area contributed by atoms with Crippen molar-refractivity contribution in [2.24, 2.45) is 0 Å². The molecule has 0 N–H and O–H groups in total. The summed E-state index contributed by atoms with van der Waals surface area (Å²) in [4.78, 5) is 12.4. The quantitative estimate of drug-likeness (QED) is 0.208. The summed E-state index contributed by atoms with van der Waals surface area (Å²) in [5.41, 5.74) is 1.45. The zero-order valence-corrected chi connectivity index (χ0v) is 17.6. The van der Waals surface area contributed by atoms with E-state index in [9.17, 15) is 9.36 Å². The predicted octanol–water partition coefficient (Wildman–Crippen LogP) is 6.14. The minimum absolute atomic E-state index is 0.201. The predicted molar refractivity (Wildman–Crippen MR) is 116 cm³/mol. The molecule has 0 saturated heterocycles. The maximum atomic E-state index is 13.1. The Hall–Kier alpha value is -2.46. The van der Waals surface area contributed by atoms with Crippen molar-refractivity contribution in [3.63, 3.8) is 0 Å². The van der Waals surface area contributed by atoms with E-state index in [1.807, 2.05) is 62.4 Å². The van der Waals surface area contributed by atoms with Gasteiger partial charge in [-0.05, 0) is 57.8 Å². The topological polar surface area (TPSA) is 61.8 Å². The maximum Gasteiger partial charge on any atom is 0.338 e. The molecule has 0 bridgehead atoms. The first kappa shape index (κ1) is 19.8. The molecule has 0 aliphatic carbocycles. The molecule has 0 aliphatic rings. The molecule has 29 heavy (non-hydrogen) atoms. The van der Waals surface area contributed by atoms with Crippen LogP contribution in [0.25, 0.3) is 32.3 Å². The molecule has 150 valence electrons. The van der Waals surface area contributed by atoms with Gasteiger partial charge in [-0.25, -0.2) is 4.79 Å². The van der Waals surface area contributed by atoms with Crippen LogP contribution < -0.4 is 0 Å². The minimum atomic E-state index is -3.24. The van der Waals surface area contributed by atoms with Crippen LogP contribution in [-0.2, 0) is 24.5 Å². The summed E-state index contributed by atoms with van der Waals surface area (Å²) in [6, 6.07) is 15.7. The van der Waals surface area contributed by atoms with E-state index in [-0.39, 0.29) is 12.1 Å². The van der Waals surface area contributed by atoms with Gasteiger partial charge in [-0.1, -0.05) is 42.5 Å². The first-order valence-electron chi connectivity index (χ1n) is 9.67. The van der Waals surface area contributed by atoms with Gasteiger partial charge in [0, 0.05) is 0 Å². The Morgan fingerprint density at radius 2 is 1.59 bits per heavy atom. The molecule has 4 aromatic rings. The molecular weight excluding hydrogens is 387 g/mol. The van der Waals surface area contributed by atoms with Gasteiger partial charge in [-0.15, -0.1) is 0 Å². The Kier molecular flexibility index (Phi) is 5.30. The first-order chi connectivity index (χ1) is 14.0. The Balaban J connectivity index is 2.00. The molecular formula is C23H23O5P. The normalized spacial score (nSPS) is 12.2. The zero-order valence-electron chi connectivity index (χ0n) is 16.7. The number of methoxy groups -OCH3 is 1. The molecule has 0 aromatic heterocycles. The Bertz CT molecular complexity index is 1240. The van der Waals surface area contributed by atoms with Gasteiger partial charge < -0.3 is 13.8 Å². The van der Waals surface area contributed by atoms with E-state index in [1.165, 1.54) is 7.11 Å². The first-order valence-corrected chi connectivity index (χ1v) is 11.4. The van der Waals surface area contributed by atoms with Crippen LogP contribution in [0.2, 0.25) is 0 Å². The molecule has 0 saturated carbocycles. The van der Waals surface area contributed by atoms with Crippen molar-refractivity contribution >= 4 is 45.9 Å². The summed E-state index contributed by atoms with van der Waals surface area (Å²) < 4.78 is 29.1. The van der Waals surface area contributed by atoms with Gasteiger partial charge in [-0.3, -0.25) is 4.57 Å². The van der Waals surface area contributed by atoms with E-state index in [1.54, 1.807) is 0 Å². The number of esters is 1. The standard InChI is InChI=1S/C23H23O5P/c1-4-27-29(25,28-5-2)14-17-10-9-16-13-20(23(24)26-3)19-8-6-7-15-11-12-18(17)22(16)21(15)19/h6-13H,4-5,14H2,1-3H3. The van der Waals surface area contributed by atoms with E-state index in [0.717, 1.165) is 37.9 Å². The molecule has 0 heterocycles. The highest BCUT2D eigenvalue weighted by Gasteiger charge is 2.26. The molecule has 0 radical (unpaired) electrons. The lowest BCUT2D eigenvalue weighted by atomic mass is 9.90. The monoisotopic (exact) mass is 410 g/mol. The average Bonchev–Trinajstić information content (AvgIpc) is 2.72. The fourth-order valence-electron chi connectivity index (χ4n) is 4.04. The van der Waals surface area contributed by atoms with Crippen molar-refractivity contribution in [2.45, 2.75) is 20.0 Å². The van der Waals surface area contributed by atoms with Gasteiger partial charge >= 0.3 is 13.6 Å². The highest BCUT2D eigenvalue weighted by molar-refractivity contribution is 7.53. The van der Waals surface area contributed by atoms with Gasteiger partial charge in [-0.2, -0.15) is 0 Å². The zero-order chi connectivity index (χ0) is 20.6. The Morgan fingerprint density at radius 1 is 0.897 bits per heavy atom. The molecule has 6 heteroatoms. The Morgan fingerprint density at radius 3 is 2.28 bits per heavy atom. The third-order valence-electron chi connectivity index (χ3n) is 5.16. The van der Waals surface area contributed by atoms with Gasteiger partial charge in [0.1, 0.15) is 0 Å². The number of ether oxygens (including phenoxy) is 1. The molecule has 0 spiro atoms. The van der Waals surface area contributed by atoms with Crippen LogP contribution in [0.15, 0.2) is 48.5 Å². The highest BCUT2D eigenvalue weighted by Crippen LogP contribution is 2.52. The SMILES string of the molecule is CCOP(=O)(Cc1ccc2cc(C(=O)OC)c3cccc4ccc1c2c43)OCC. The van der Waals surface area contributed by atoms with E-state index >= 15 is 0 Å². The lowest BCUT2D eigenvalue weighted by Crippen LogP contribution is -2.03. The van der Waals surface area contributed by atoms with Crippen LogP contribution in [-0.4, -0.2) is 26.3 Å². The van der Waals surface area contributed by atoms with Crippen LogP contribution in [0.5, 0.6) is 0 Å². The average molecular weight is 410 g/mol. The van der Waals surface area contributed by atoms with Gasteiger partial charge in [0.2, 0.25) is 0 Å². The fraction of sp³-hybridized carbons (Fsp3) is 0.261. The van der Waals surface area contributed by atoms with E-state index in [2.05, 4.69) is 0 Å². The van der Waals surface area contributed by atoms with Crippen molar-refractivity contribution in [3.8, 4) is 0 Å². The molecule has 4 rings (SSSR count). The van der Waals surface area contributed by atoms with Crippen molar-refractivity contribution < 1.29 is 23.1 Å². The summed E-state index contributed by atoms with van der Waals surface area (Å²) in [5, 5.41) is 5.87. The van der Waals surface area contributed by atoms with Crippen LogP contribution in [0.1, 0.15) is 29.8 Å². The minimum Gasteiger partial charge on any atom is -0.465 e. The number of hydrogen-bond acceptors (Lipinski definition) is 5.